The van der Waals surface area contributed by atoms with Crippen LogP contribution in [0.1, 0.15) is 5.69 Å². The van der Waals surface area contributed by atoms with Crippen LogP contribution >= 0.6 is 23.4 Å². The maximum atomic E-state index is 5.95. The summed E-state index contributed by atoms with van der Waals surface area (Å²) in [7, 11) is 1.87. The van der Waals surface area contributed by atoms with Gasteiger partial charge in [-0.25, -0.2) is 4.98 Å². The van der Waals surface area contributed by atoms with Gasteiger partial charge in [0.1, 0.15) is 11.4 Å². The van der Waals surface area contributed by atoms with Crippen molar-refractivity contribution in [1.82, 2.24) is 34.3 Å². The first kappa shape index (κ1) is 13.1. The first-order valence-corrected chi connectivity index (χ1v) is 6.89. The van der Waals surface area contributed by atoms with Gasteiger partial charge in [0.2, 0.25) is 11.2 Å². The first-order chi connectivity index (χ1) is 9.61. The van der Waals surface area contributed by atoms with Crippen LogP contribution in [0, 0.1) is 6.92 Å². The topological polar surface area (TPSA) is 74.3 Å². The van der Waals surface area contributed by atoms with E-state index in [1.165, 1.54) is 11.8 Å². The number of halogens is 1. The van der Waals surface area contributed by atoms with E-state index in [1.807, 2.05) is 20.0 Å². The molecule has 0 N–H and O–H groups in total. The molecule has 0 aliphatic heterocycles. The number of hydrogen-bond acceptors (Lipinski definition) is 6. The highest BCUT2D eigenvalue weighted by molar-refractivity contribution is 7.99. The van der Waals surface area contributed by atoms with E-state index in [4.69, 9.17) is 11.6 Å². The normalized spacial score (nSPS) is 10.9. The molecule has 0 spiro atoms. The van der Waals surface area contributed by atoms with Crippen molar-refractivity contribution in [2.24, 2.45) is 7.05 Å². The average Bonchev–Trinajstić information content (AvgIpc) is 2.99. The largest absolute Gasteiger partial charge is 0.274 e. The quantitative estimate of drug-likeness (QED) is 0.736. The summed E-state index contributed by atoms with van der Waals surface area (Å²) < 4.78 is 3.45. The lowest BCUT2D eigenvalue weighted by molar-refractivity contribution is 0.690. The predicted octanol–water partition coefficient (Wildman–Crippen LogP) is 1.90. The number of hydrogen-bond donors (Lipinski definition) is 0. The Morgan fingerprint density at radius 1 is 1.25 bits per heavy atom. The number of aromatic nitrogens is 7. The Balaban J connectivity index is 1.96. The molecule has 102 valence electrons. The molecule has 0 atom stereocenters. The second kappa shape index (κ2) is 5.22. The summed E-state index contributed by atoms with van der Waals surface area (Å²) >= 11 is 7.33. The van der Waals surface area contributed by atoms with E-state index in [1.54, 1.807) is 28.0 Å². The van der Waals surface area contributed by atoms with Gasteiger partial charge in [0, 0.05) is 19.4 Å². The molecule has 7 nitrogen and oxygen atoms in total. The van der Waals surface area contributed by atoms with Crippen LogP contribution in [0.15, 0.2) is 35.0 Å². The second-order valence-electron chi connectivity index (χ2n) is 4.01. The number of imidazole rings is 1. The minimum Gasteiger partial charge on any atom is -0.274 e. The Bertz CT molecular complexity index is 737. The van der Waals surface area contributed by atoms with E-state index in [2.05, 4.69) is 25.0 Å². The van der Waals surface area contributed by atoms with Gasteiger partial charge in [0.15, 0.2) is 5.16 Å². The molecular weight excluding hydrogens is 298 g/mol. The van der Waals surface area contributed by atoms with Crippen LogP contribution in [0.2, 0.25) is 5.28 Å². The van der Waals surface area contributed by atoms with Crippen molar-refractivity contribution >= 4 is 23.4 Å². The zero-order chi connectivity index (χ0) is 14.1. The zero-order valence-electron chi connectivity index (χ0n) is 10.7. The number of rotatable bonds is 3. The van der Waals surface area contributed by atoms with Gasteiger partial charge in [-0.05, 0) is 36.4 Å². The maximum Gasteiger partial charge on any atom is 0.240 e. The molecule has 9 heteroatoms. The average molecular weight is 308 g/mol. The van der Waals surface area contributed by atoms with Gasteiger partial charge in [0.25, 0.3) is 0 Å². The lowest BCUT2D eigenvalue weighted by atomic mass is 10.5. The standard InChI is InChI=1S/C11H10ClN7S/c1-7-5-8(18(2)17-7)20-11-15-9(12)14-10(16-11)19-4-3-13-6-19/h3-6H,1-2H3. The molecule has 20 heavy (non-hydrogen) atoms. The summed E-state index contributed by atoms with van der Waals surface area (Å²) in [6.45, 7) is 1.93. The van der Waals surface area contributed by atoms with Crippen LogP contribution in [0.4, 0.5) is 0 Å². The fraction of sp³-hybridized carbons (Fsp3) is 0.182. The molecule has 0 aromatic carbocycles. The minimum atomic E-state index is 0.144. The van der Waals surface area contributed by atoms with Gasteiger partial charge in [-0.3, -0.25) is 9.25 Å². The van der Waals surface area contributed by atoms with Gasteiger partial charge >= 0.3 is 0 Å². The number of nitrogens with zero attached hydrogens (tertiary/aromatic N) is 7. The van der Waals surface area contributed by atoms with E-state index in [9.17, 15) is 0 Å². The van der Waals surface area contributed by atoms with Crippen molar-refractivity contribution in [3.63, 3.8) is 0 Å². The van der Waals surface area contributed by atoms with Crippen molar-refractivity contribution < 1.29 is 0 Å². The van der Waals surface area contributed by atoms with Crippen LogP contribution in [0.5, 0.6) is 0 Å². The van der Waals surface area contributed by atoms with Crippen molar-refractivity contribution in [2.75, 3.05) is 0 Å². The minimum absolute atomic E-state index is 0.144. The van der Waals surface area contributed by atoms with Crippen LogP contribution in [-0.4, -0.2) is 34.3 Å². The molecule has 0 bridgehead atoms. The van der Waals surface area contributed by atoms with Crippen molar-refractivity contribution in [3.8, 4) is 5.95 Å². The van der Waals surface area contributed by atoms with E-state index >= 15 is 0 Å². The van der Waals surface area contributed by atoms with Crippen LogP contribution in [-0.2, 0) is 7.05 Å². The first-order valence-electron chi connectivity index (χ1n) is 5.70. The highest BCUT2D eigenvalue weighted by Gasteiger charge is 2.11. The Morgan fingerprint density at radius 2 is 2.10 bits per heavy atom. The molecule has 0 aliphatic rings. The monoisotopic (exact) mass is 307 g/mol. The van der Waals surface area contributed by atoms with E-state index in [0.29, 0.717) is 11.1 Å². The van der Waals surface area contributed by atoms with Gasteiger partial charge in [-0.2, -0.15) is 20.1 Å². The lowest BCUT2D eigenvalue weighted by Gasteiger charge is -2.04. The molecule has 0 unspecified atom stereocenters. The van der Waals surface area contributed by atoms with E-state index in [-0.39, 0.29) is 5.28 Å². The van der Waals surface area contributed by atoms with Crippen LogP contribution < -0.4 is 0 Å². The van der Waals surface area contributed by atoms with Crippen LogP contribution in [0.25, 0.3) is 5.95 Å². The Kier molecular flexibility index (Phi) is 3.41. The SMILES string of the molecule is Cc1cc(Sc2nc(Cl)nc(-n3ccnc3)n2)n(C)n1. The van der Waals surface area contributed by atoms with Gasteiger partial charge in [0.05, 0.1) is 5.69 Å². The molecule has 3 aromatic rings. The van der Waals surface area contributed by atoms with Gasteiger partial charge in [-0.15, -0.1) is 0 Å². The molecule has 0 amide bonds. The predicted molar refractivity (Wildman–Crippen MR) is 74.0 cm³/mol. The fourth-order valence-corrected chi connectivity index (χ4v) is 2.69. The molecule has 0 saturated carbocycles. The van der Waals surface area contributed by atoms with E-state index in [0.717, 1.165) is 10.7 Å². The maximum absolute atomic E-state index is 5.95. The molecule has 3 rings (SSSR count). The van der Waals surface area contributed by atoms with Crippen LogP contribution in [0.3, 0.4) is 0 Å². The van der Waals surface area contributed by atoms with Gasteiger partial charge in [-0.1, -0.05) is 0 Å². The fourth-order valence-electron chi connectivity index (χ4n) is 1.64. The molecule has 3 aromatic heterocycles. The molecule has 3 heterocycles. The summed E-state index contributed by atoms with van der Waals surface area (Å²) in [6, 6.07) is 1.96. The molecular formula is C11H10ClN7S. The molecule has 0 fully saturated rings. The third-order valence-corrected chi connectivity index (χ3v) is 3.59. The Hall–Kier alpha value is -1.93. The summed E-state index contributed by atoms with van der Waals surface area (Å²) in [5, 5.41) is 5.86. The Morgan fingerprint density at radius 3 is 2.75 bits per heavy atom. The van der Waals surface area contributed by atoms with Gasteiger partial charge < -0.3 is 0 Å². The Labute approximate surface area is 124 Å². The lowest BCUT2D eigenvalue weighted by Crippen LogP contribution is -2.03. The van der Waals surface area contributed by atoms with Crippen molar-refractivity contribution in [2.45, 2.75) is 17.1 Å². The highest BCUT2D eigenvalue weighted by atomic mass is 35.5. The zero-order valence-corrected chi connectivity index (χ0v) is 12.3. The molecule has 0 radical (unpaired) electrons. The van der Waals surface area contributed by atoms with E-state index < -0.39 is 0 Å². The number of aryl methyl sites for hydroxylation is 2. The molecule has 0 aliphatic carbocycles. The second-order valence-corrected chi connectivity index (χ2v) is 5.33. The molecule has 0 saturated heterocycles. The highest BCUT2D eigenvalue weighted by Crippen LogP contribution is 2.25. The summed E-state index contributed by atoms with van der Waals surface area (Å²) in [4.78, 5) is 16.5. The third-order valence-electron chi connectivity index (χ3n) is 2.47. The summed E-state index contributed by atoms with van der Waals surface area (Å²) in [6.07, 6.45) is 5.00. The third kappa shape index (κ3) is 2.66. The summed E-state index contributed by atoms with van der Waals surface area (Å²) in [5.74, 6) is 0.434. The van der Waals surface area contributed by atoms with Crippen molar-refractivity contribution in [1.29, 1.82) is 0 Å². The van der Waals surface area contributed by atoms with Crippen molar-refractivity contribution in [3.05, 3.63) is 35.8 Å². The smallest absolute Gasteiger partial charge is 0.240 e. The summed E-state index contributed by atoms with van der Waals surface area (Å²) in [5.41, 5.74) is 0.935.